The Hall–Kier alpha value is -1.55. The molecule has 0 aliphatic carbocycles. The summed E-state index contributed by atoms with van der Waals surface area (Å²) in [6, 6.07) is 7.64. The minimum absolute atomic E-state index is 0.0771. The number of hydrogen-bond donors (Lipinski definition) is 1. The smallest absolute Gasteiger partial charge is 0.247 e. The molecule has 1 unspecified atom stereocenters. The number of methoxy groups -OCH3 is 1. The largest absolute Gasteiger partial charge is 0.496 e. The van der Waals surface area contributed by atoms with Crippen LogP contribution >= 0.6 is 0 Å². The Morgan fingerprint density at radius 2 is 2.12 bits per heavy atom. The van der Waals surface area contributed by atoms with E-state index in [2.05, 4.69) is 5.32 Å². The molecule has 0 aromatic heterocycles. The number of ether oxygens (including phenoxy) is 1. The maximum absolute atomic E-state index is 12.3. The van der Waals surface area contributed by atoms with Crippen molar-refractivity contribution in [3.05, 3.63) is 29.8 Å². The Balaban J connectivity index is 2.46. The van der Waals surface area contributed by atoms with E-state index in [1.165, 1.54) is 0 Å². The molecule has 1 aliphatic rings. The average Bonchev–Trinajstić information content (AvgIpc) is 2.36. The molecule has 0 spiro atoms. The fourth-order valence-electron chi connectivity index (χ4n) is 2.30. The van der Waals surface area contributed by atoms with Gasteiger partial charge in [0.25, 0.3) is 0 Å². The van der Waals surface area contributed by atoms with Gasteiger partial charge in [-0.05, 0) is 13.0 Å². The molecule has 1 aromatic rings. The average molecular weight is 234 g/mol. The minimum atomic E-state index is -0.695. The predicted molar refractivity (Wildman–Crippen MR) is 66.0 cm³/mol. The molecule has 1 fully saturated rings. The van der Waals surface area contributed by atoms with Crippen molar-refractivity contribution in [1.29, 1.82) is 0 Å². The van der Waals surface area contributed by atoms with E-state index >= 15 is 0 Å². The van der Waals surface area contributed by atoms with Gasteiger partial charge in [-0.15, -0.1) is 0 Å². The first-order valence-corrected chi connectivity index (χ1v) is 5.73. The molecule has 1 aromatic carbocycles. The number of likely N-dealkylation sites (N-methyl/N-ethyl adjacent to an activating group) is 1. The van der Waals surface area contributed by atoms with Crippen LogP contribution in [0.15, 0.2) is 24.3 Å². The highest BCUT2D eigenvalue weighted by molar-refractivity contribution is 5.88. The highest BCUT2D eigenvalue weighted by Gasteiger charge is 2.41. The highest BCUT2D eigenvalue weighted by Crippen LogP contribution is 2.32. The third kappa shape index (κ3) is 1.89. The number of rotatable bonds is 2. The second-order valence-electron chi connectivity index (χ2n) is 4.48. The fourth-order valence-corrected chi connectivity index (χ4v) is 2.30. The van der Waals surface area contributed by atoms with E-state index in [1.54, 1.807) is 12.0 Å². The minimum Gasteiger partial charge on any atom is -0.496 e. The molecule has 4 heteroatoms. The number of hydrogen-bond acceptors (Lipinski definition) is 3. The monoisotopic (exact) mass is 234 g/mol. The molecule has 17 heavy (non-hydrogen) atoms. The van der Waals surface area contributed by atoms with Crippen LogP contribution in [0.25, 0.3) is 0 Å². The van der Waals surface area contributed by atoms with Crippen molar-refractivity contribution in [2.24, 2.45) is 0 Å². The number of carbonyl (C=O) groups is 1. The molecule has 92 valence electrons. The van der Waals surface area contributed by atoms with Gasteiger partial charge >= 0.3 is 0 Å². The highest BCUT2D eigenvalue weighted by atomic mass is 16.5. The predicted octanol–water partition coefficient (Wildman–Crippen LogP) is 0.972. The third-order valence-corrected chi connectivity index (χ3v) is 3.35. The first kappa shape index (κ1) is 11.9. The van der Waals surface area contributed by atoms with E-state index in [-0.39, 0.29) is 5.91 Å². The van der Waals surface area contributed by atoms with Gasteiger partial charge in [-0.1, -0.05) is 18.2 Å². The summed E-state index contributed by atoms with van der Waals surface area (Å²) in [5.74, 6) is 0.819. The lowest BCUT2D eigenvalue weighted by Gasteiger charge is -2.39. The number of benzene rings is 1. The Bertz CT molecular complexity index is 433. The van der Waals surface area contributed by atoms with E-state index in [0.29, 0.717) is 0 Å². The van der Waals surface area contributed by atoms with Gasteiger partial charge in [-0.2, -0.15) is 0 Å². The van der Waals surface area contributed by atoms with Gasteiger partial charge in [-0.3, -0.25) is 10.1 Å². The van der Waals surface area contributed by atoms with Crippen LogP contribution in [-0.2, 0) is 10.3 Å². The standard InChI is InChI=1S/C13H18N2O2/c1-13(12(16)15(2)9-8-14-13)10-6-4-5-7-11(10)17-3/h4-7,14H,8-9H2,1-3H3. The number of nitrogens with zero attached hydrogens (tertiary/aromatic N) is 1. The van der Waals surface area contributed by atoms with Gasteiger partial charge in [0.15, 0.2) is 0 Å². The van der Waals surface area contributed by atoms with Gasteiger partial charge in [0.05, 0.1) is 7.11 Å². The van der Waals surface area contributed by atoms with Gasteiger partial charge in [0.1, 0.15) is 11.3 Å². The van der Waals surface area contributed by atoms with Crippen LogP contribution in [-0.4, -0.2) is 38.1 Å². The number of carbonyl (C=O) groups excluding carboxylic acids is 1. The molecule has 1 saturated heterocycles. The maximum atomic E-state index is 12.3. The molecule has 0 bridgehead atoms. The number of piperazine rings is 1. The van der Waals surface area contributed by atoms with E-state index < -0.39 is 5.54 Å². The topological polar surface area (TPSA) is 41.6 Å². The first-order chi connectivity index (χ1) is 8.09. The van der Waals surface area contributed by atoms with Crippen molar-refractivity contribution in [3.63, 3.8) is 0 Å². The molecule has 1 atom stereocenters. The molecule has 1 aliphatic heterocycles. The maximum Gasteiger partial charge on any atom is 0.247 e. The van der Waals surface area contributed by atoms with Crippen LogP contribution < -0.4 is 10.1 Å². The third-order valence-electron chi connectivity index (χ3n) is 3.35. The zero-order valence-corrected chi connectivity index (χ0v) is 10.5. The number of nitrogens with one attached hydrogen (secondary N) is 1. The van der Waals surface area contributed by atoms with Crippen molar-refractivity contribution in [3.8, 4) is 5.75 Å². The Labute approximate surface area is 102 Å². The van der Waals surface area contributed by atoms with Crippen LogP contribution in [0.4, 0.5) is 0 Å². The second kappa shape index (κ2) is 4.37. The van der Waals surface area contributed by atoms with Gasteiger partial charge in [-0.25, -0.2) is 0 Å². The summed E-state index contributed by atoms with van der Waals surface area (Å²) in [7, 11) is 3.45. The van der Waals surface area contributed by atoms with Crippen LogP contribution in [0.1, 0.15) is 12.5 Å². The van der Waals surface area contributed by atoms with Crippen molar-refractivity contribution in [1.82, 2.24) is 10.2 Å². The Kier molecular flexibility index (Phi) is 3.07. The molecule has 4 nitrogen and oxygen atoms in total. The van der Waals surface area contributed by atoms with Gasteiger partial charge in [0.2, 0.25) is 5.91 Å². The lowest BCUT2D eigenvalue weighted by atomic mass is 9.88. The van der Waals surface area contributed by atoms with Crippen molar-refractivity contribution >= 4 is 5.91 Å². The van der Waals surface area contributed by atoms with Gasteiger partial charge < -0.3 is 9.64 Å². The summed E-state index contributed by atoms with van der Waals surface area (Å²) in [6.07, 6.45) is 0. The van der Waals surface area contributed by atoms with Crippen LogP contribution in [0.3, 0.4) is 0 Å². The molecule has 2 rings (SSSR count). The molecule has 1 amide bonds. The molecule has 1 heterocycles. The number of amides is 1. The fraction of sp³-hybridized carbons (Fsp3) is 0.462. The summed E-state index contributed by atoms with van der Waals surface area (Å²) >= 11 is 0. The van der Waals surface area contributed by atoms with Crippen molar-refractivity contribution in [2.45, 2.75) is 12.5 Å². The van der Waals surface area contributed by atoms with E-state index in [0.717, 1.165) is 24.4 Å². The summed E-state index contributed by atoms with van der Waals surface area (Å²) in [5.41, 5.74) is 0.193. The summed E-state index contributed by atoms with van der Waals surface area (Å²) in [4.78, 5) is 14.1. The molecule has 1 N–H and O–H groups in total. The van der Waals surface area contributed by atoms with E-state index in [1.807, 2.05) is 38.2 Å². The van der Waals surface area contributed by atoms with E-state index in [4.69, 9.17) is 4.74 Å². The molecule has 0 saturated carbocycles. The normalized spacial score (nSPS) is 24.9. The van der Waals surface area contributed by atoms with Crippen LogP contribution in [0, 0.1) is 0 Å². The van der Waals surface area contributed by atoms with Gasteiger partial charge in [0, 0.05) is 25.7 Å². The zero-order valence-electron chi connectivity index (χ0n) is 10.5. The Morgan fingerprint density at radius 3 is 2.82 bits per heavy atom. The zero-order chi connectivity index (χ0) is 12.5. The lowest BCUT2D eigenvalue weighted by molar-refractivity contribution is -0.139. The molecular weight excluding hydrogens is 216 g/mol. The Morgan fingerprint density at radius 1 is 1.41 bits per heavy atom. The molecular formula is C13H18N2O2. The SMILES string of the molecule is COc1ccccc1C1(C)NCCN(C)C1=O. The summed E-state index contributed by atoms with van der Waals surface area (Å²) in [6.45, 7) is 3.43. The van der Waals surface area contributed by atoms with Crippen molar-refractivity contribution < 1.29 is 9.53 Å². The molecule has 0 radical (unpaired) electrons. The quantitative estimate of drug-likeness (QED) is 0.829. The number of para-hydroxylation sites is 1. The summed E-state index contributed by atoms with van der Waals surface area (Å²) < 4.78 is 5.34. The lowest BCUT2D eigenvalue weighted by Crippen LogP contribution is -2.59. The van der Waals surface area contributed by atoms with E-state index in [9.17, 15) is 4.79 Å². The summed E-state index contributed by atoms with van der Waals surface area (Å²) in [5, 5.41) is 3.30. The van der Waals surface area contributed by atoms with Crippen LogP contribution in [0.2, 0.25) is 0 Å². The van der Waals surface area contributed by atoms with Crippen LogP contribution in [0.5, 0.6) is 5.75 Å². The van der Waals surface area contributed by atoms with Crippen molar-refractivity contribution in [2.75, 3.05) is 27.2 Å². The first-order valence-electron chi connectivity index (χ1n) is 5.73. The second-order valence-corrected chi connectivity index (χ2v) is 4.48.